The molecule has 4 heteroatoms. The fourth-order valence-corrected chi connectivity index (χ4v) is 2.51. The molecule has 0 aliphatic carbocycles. The van der Waals surface area contributed by atoms with Crippen molar-refractivity contribution in [1.82, 2.24) is 14.5 Å². The lowest BCUT2D eigenvalue weighted by atomic mass is 10.2. The molecule has 0 aromatic carbocycles. The summed E-state index contributed by atoms with van der Waals surface area (Å²) in [5, 5.41) is 0. The molecule has 1 aromatic heterocycles. The number of hydrogen-bond donors (Lipinski definition) is 0. The van der Waals surface area contributed by atoms with Crippen LogP contribution in [0.2, 0.25) is 0 Å². The van der Waals surface area contributed by atoms with Crippen molar-refractivity contribution in [2.45, 2.75) is 39.4 Å². The van der Waals surface area contributed by atoms with E-state index in [2.05, 4.69) is 16.8 Å². The number of nitrogens with zero attached hydrogens (tertiary/aromatic N) is 3. The van der Waals surface area contributed by atoms with Crippen LogP contribution < -0.4 is 5.56 Å². The number of hydrogen-bond acceptors (Lipinski definition) is 3. The summed E-state index contributed by atoms with van der Waals surface area (Å²) >= 11 is 0. The lowest BCUT2D eigenvalue weighted by molar-refractivity contribution is 0.298. The first-order valence-electron chi connectivity index (χ1n) is 5.63. The zero-order valence-corrected chi connectivity index (χ0v) is 8.99. The fraction of sp³-hybridized carbons (Fsp3) is 0.636. The van der Waals surface area contributed by atoms with Gasteiger partial charge in [-0.1, -0.05) is 6.92 Å². The maximum absolute atomic E-state index is 12.1. The highest BCUT2D eigenvalue weighted by Gasteiger charge is 2.26. The molecule has 0 N–H and O–H groups in total. The number of aryl methyl sites for hydroxylation is 1. The first-order chi connectivity index (χ1) is 7.29. The first-order valence-corrected chi connectivity index (χ1v) is 5.63. The molecular weight excluding hydrogens is 190 g/mol. The Labute approximate surface area is 88.5 Å². The normalized spacial score (nSPS) is 19.3. The van der Waals surface area contributed by atoms with Crippen molar-refractivity contribution in [2.24, 2.45) is 0 Å². The van der Waals surface area contributed by atoms with Gasteiger partial charge in [-0.15, -0.1) is 0 Å². The molecule has 0 bridgehead atoms. The molecule has 0 fully saturated rings. The third-order valence-electron chi connectivity index (χ3n) is 3.41. The molecule has 80 valence electrons. The average Bonchev–Trinajstić information content (AvgIpc) is 2.83. The third kappa shape index (κ3) is 1.24. The van der Waals surface area contributed by atoms with Crippen molar-refractivity contribution in [3.8, 4) is 0 Å². The van der Waals surface area contributed by atoms with Gasteiger partial charge in [0.05, 0.1) is 11.3 Å². The average molecular weight is 205 g/mol. The van der Waals surface area contributed by atoms with Gasteiger partial charge in [-0.05, 0) is 13.0 Å². The van der Waals surface area contributed by atoms with E-state index in [1.165, 1.54) is 0 Å². The highest BCUT2D eigenvalue weighted by Crippen LogP contribution is 2.20. The van der Waals surface area contributed by atoms with E-state index < -0.39 is 0 Å². The van der Waals surface area contributed by atoms with Gasteiger partial charge in [0.15, 0.2) is 0 Å². The van der Waals surface area contributed by atoms with Crippen LogP contribution in [0.15, 0.2) is 4.79 Å². The molecule has 2 aliphatic heterocycles. The van der Waals surface area contributed by atoms with Crippen LogP contribution in [-0.2, 0) is 26.1 Å². The van der Waals surface area contributed by atoms with Gasteiger partial charge in [0.1, 0.15) is 5.82 Å². The Morgan fingerprint density at radius 3 is 3.07 bits per heavy atom. The summed E-state index contributed by atoms with van der Waals surface area (Å²) in [7, 11) is 0. The molecule has 0 saturated carbocycles. The zero-order valence-electron chi connectivity index (χ0n) is 8.99. The highest BCUT2D eigenvalue weighted by atomic mass is 16.1. The smallest absolute Gasteiger partial charge is 0.258 e. The van der Waals surface area contributed by atoms with Crippen LogP contribution in [0.3, 0.4) is 0 Å². The van der Waals surface area contributed by atoms with Gasteiger partial charge in [-0.3, -0.25) is 14.3 Å². The van der Waals surface area contributed by atoms with Crippen LogP contribution in [-0.4, -0.2) is 21.0 Å². The minimum Gasteiger partial charge on any atom is -0.296 e. The predicted octanol–water partition coefficient (Wildman–Crippen LogP) is 0.525. The maximum Gasteiger partial charge on any atom is 0.258 e. The fourth-order valence-electron chi connectivity index (χ4n) is 2.51. The standard InChI is InChI=1S/C11H15N3O/c1-2-13-6-8-9(7-13)12-10-4-3-5-14(10)11(8)15/h2-7H2,1H3. The second-order valence-corrected chi connectivity index (χ2v) is 4.32. The van der Waals surface area contributed by atoms with E-state index in [9.17, 15) is 4.79 Å². The van der Waals surface area contributed by atoms with Crippen molar-refractivity contribution >= 4 is 0 Å². The Bertz CT molecular complexity index is 464. The molecule has 0 radical (unpaired) electrons. The molecule has 15 heavy (non-hydrogen) atoms. The lowest BCUT2D eigenvalue weighted by Crippen LogP contribution is -2.25. The minimum absolute atomic E-state index is 0.212. The van der Waals surface area contributed by atoms with Crippen molar-refractivity contribution in [1.29, 1.82) is 0 Å². The molecule has 0 spiro atoms. The SMILES string of the molecule is CCN1Cc2nc3n(c(=O)c2C1)CCC3. The molecule has 3 rings (SSSR count). The van der Waals surface area contributed by atoms with E-state index in [4.69, 9.17) is 0 Å². The van der Waals surface area contributed by atoms with Crippen molar-refractivity contribution in [3.63, 3.8) is 0 Å². The lowest BCUT2D eigenvalue weighted by Gasteiger charge is -2.08. The van der Waals surface area contributed by atoms with Crippen molar-refractivity contribution in [2.75, 3.05) is 6.54 Å². The molecule has 4 nitrogen and oxygen atoms in total. The van der Waals surface area contributed by atoms with E-state index in [0.717, 1.165) is 56.1 Å². The molecule has 3 heterocycles. The second kappa shape index (κ2) is 3.17. The summed E-state index contributed by atoms with van der Waals surface area (Å²) in [5.74, 6) is 0.997. The van der Waals surface area contributed by atoms with Crippen LogP contribution in [0.4, 0.5) is 0 Å². The zero-order chi connectivity index (χ0) is 10.4. The summed E-state index contributed by atoms with van der Waals surface area (Å²) in [6.45, 7) is 5.62. The maximum atomic E-state index is 12.1. The van der Waals surface area contributed by atoms with E-state index in [0.29, 0.717) is 0 Å². The Balaban J connectivity index is 2.13. The largest absolute Gasteiger partial charge is 0.296 e. The van der Waals surface area contributed by atoms with Gasteiger partial charge in [0.2, 0.25) is 0 Å². The van der Waals surface area contributed by atoms with Gasteiger partial charge >= 0.3 is 0 Å². The number of aromatic nitrogens is 2. The highest BCUT2D eigenvalue weighted by molar-refractivity contribution is 5.23. The molecule has 0 amide bonds. The van der Waals surface area contributed by atoms with Crippen LogP contribution in [0.25, 0.3) is 0 Å². The summed E-state index contributed by atoms with van der Waals surface area (Å²) < 4.78 is 1.86. The van der Waals surface area contributed by atoms with Gasteiger partial charge in [-0.2, -0.15) is 0 Å². The van der Waals surface area contributed by atoms with Crippen LogP contribution >= 0.6 is 0 Å². The Kier molecular flexibility index (Phi) is 1.92. The Morgan fingerprint density at radius 2 is 2.27 bits per heavy atom. The van der Waals surface area contributed by atoms with Gasteiger partial charge in [0.25, 0.3) is 5.56 Å². The van der Waals surface area contributed by atoms with E-state index >= 15 is 0 Å². The molecular formula is C11H15N3O. The van der Waals surface area contributed by atoms with Crippen LogP contribution in [0, 0.1) is 0 Å². The summed E-state index contributed by atoms with van der Waals surface area (Å²) in [4.78, 5) is 19.0. The summed E-state index contributed by atoms with van der Waals surface area (Å²) in [5.41, 5.74) is 2.17. The second-order valence-electron chi connectivity index (χ2n) is 4.32. The van der Waals surface area contributed by atoms with Crippen LogP contribution in [0.5, 0.6) is 0 Å². The molecule has 1 aromatic rings. The number of fused-ring (bicyclic) bond motifs is 2. The van der Waals surface area contributed by atoms with E-state index in [1.54, 1.807) is 0 Å². The summed E-state index contributed by atoms with van der Waals surface area (Å²) in [6, 6.07) is 0. The Morgan fingerprint density at radius 1 is 1.40 bits per heavy atom. The predicted molar refractivity (Wildman–Crippen MR) is 56.6 cm³/mol. The monoisotopic (exact) mass is 205 g/mol. The number of rotatable bonds is 1. The van der Waals surface area contributed by atoms with Crippen molar-refractivity contribution < 1.29 is 0 Å². The minimum atomic E-state index is 0.212. The van der Waals surface area contributed by atoms with E-state index in [-0.39, 0.29) is 5.56 Å². The molecule has 2 aliphatic rings. The molecule has 0 unspecified atom stereocenters. The van der Waals surface area contributed by atoms with Gasteiger partial charge in [-0.25, -0.2) is 4.98 Å². The molecule has 0 saturated heterocycles. The van der Waals surface area contributed by atoms with Crippen LogP contribution in [0.1, 0.15) is 30.4 Å². The summed E-state index contributed by atoms with van der Waals surface area (Å²) in [6.07, 6.45) is 2.04. The first kappa shape index (κ1) is 9.09. The third-order valence-corrected chi connectivity index (χ3v) is 3.41. The van der Waals surface area contributed by atoms with Crippen molar-refractivity contribution in [3.05, 3.63) is 27.4 Å². The van der Waals surface area contributed by atoms with E-state index in [1.807, 2.05) is 4.57 Å². The quantitative estimate of drug-likeness (QED) is 0.671. The Hall–Kier alpha value is -1.16. The van der Waals surface area contributed by atoms with Gasteiger partial charge < -0.3 is 0 Å². The van der Waals surface area contributed by atoms with Gasteiger partial charge in [0, 0.05) is 26.1 Å². The molecule has 0 atom stereocenters. The topological polar surface area (TPSA) is 38.1 Å².